The number of amides is 1. The fourth-order valence-corrected chi connectivity index (χ4v) is 4.66. The predicted molar refractivity (Wildman–Crippen MR) is 109 cm³/mol. The lowest BCUT2D eigenvalue weighted by molar-refractivity contribution is -0.123. The molecule has 5 rings (SSSR count). The first-order chi connectivity index (χ1) is 15.4. The standard InChI is InChI=1S/C19H24N8O5/c20-14-11-15(26(8-22-11)16-13(30)12(29)10(7-28)32-16)25-18(24-14)27-6-9(5-23-27)19(17(21)31)3-1-2-4-19/h5-6,8,10,12-13,16,28-30H,1-4,7H2,(H2,21,31)(H2,20,24,25)/t10-,12-,13+,16-/m1/s1. The number of nitrogens with two attached hydrogens (primary N) is 2. The van der Waals surface area contributed by atoms with Gasteiger partial charge in [-0.2, -0.15) is 15.1 Å². The summed E-state index contributed by atoms with van der Waals surface area (Å²) >= 11 is 0. The van der Waals surface area contributed by atoms with Gasteiger partial charge in [-0.3, -0.25) is 9.36 Å². The number of aromatic nitrogens is 6. The first-order valence-corrected chi connectivity index (χ1v) is 10.3. The minimum atomic E-state index is -1.31. The average molecular weight is 444 g/mol. The van der Waals surface area contributed by atoms with Crippen LogP contribution < -0.4 is 11.5 Å². The van der Waals surface area contributed by atoms with Gasteiger partial charge in [-0.15, -0.1) is 0 Å². The van der Waals surface area contributed by atoms with Crippen LogP contribution >= 0.6 is 0 Å². The van der Waals surface area contributed by atoms with Crippen molar-refractivity contribution in [1.29, 1.82) is 0 Å². The van der Waals surface area contributed by atoms with Crippen molar-refractivity contribution in [3.63, 3.8) is 0 Å². The van der Waals surface area contributed by atoms with Crippen molar-refractivity contribution >= 4 is 22.9 Å². The average Bonchev–Trinajstić information content (AvgIpc) is 3.55. The summed E-state index contributed by atoms with van der Waals surface area (Å²) in [5.74, 6) is -0.168. The molecule has 0 unspecified atom stereocenters. The summed E-state index contributed by atoms with van der Waals surface area (Å²) in [6.45, 7) is -0.457. The van der Waals surface area contributed by atoms with Gasteiger partial charge in [0.15, 0.2) is 17.7 Å². The minimum Gasteiger partial charge on any atom is -0.394 e. The molecule has 0 radical (unpaired) electrons. The highest BCUT2D eigenvalue weighted by atomic mass is 16.6. The van der Waals surface area contributed by atoms with E-state index in [-0.39, 0.29) is 28.8 Å². The number of nitrogen functional groups attached to an aromatic ring is 1. The molecule has 13 nitrogen and oxygen atoms in total. The molecule has 1 saturated heterocycles. The van der Waals surface area contributed by atoms with Crippen LogP contribution in [0.4, 0.5) is 5.82 Å². The molecule has 0 spiro atoms. The Kier molecular flexibility index (Phi) is 4.85. The van der Waals surface area contributed by atoms with Gasteiger partial charge < -0.3 is 31.5 Å². The van der Waals surface area contributed by atoms with Crippen molar-refractivity contribution in [3.05, 3.63) is 24.3 Å². The molecule has 1 saturated carbocycles. The van der Waals surface area contributed by atoms with Crippen molar-refractivity contribution in [1.82, 2.24) is 29.3 Å². The molecule has 13 heteroatoms. The fourth-order valence-electron chi connectivity index (χ4n) is 4.66. The Labute approximate surface area is 181 Å². The monoisotopic (exact) mass is 444 g/mol. The van der Waals surface area contributed by atoms with Gasteiger partial charge in [-0.25, -0.2) is 9.67 Å². The smallest absolute Gasteiger partial charge is 0.254 e. The highest BCUT2D eigenvalue weighted by molar-refractivity contribution is 5.87. The quantitative estimate of drug-likeness (QED) is 0.308. The summed E-state index contributed by atoms with van der Waals surface area (Å²) in [5, 5.41) is 34.1. The third-order valence-corrected chi connectivity index (χ3v) is 6.50. The number of hydrogen-bond donors (Lipinski definition) is 5. The Hall–Kier alpha value is -3.13. The molecule has 0 bridgehead atoms. The van der Waals surface area contributed by atoms with Gasteiger partial charge >= 0.3 is 0 Å². The molecule has 32 heavy (non-hydrogen) atoms. The largest absolute Gasteiger partial charge is 0.394 e. The van der Waals surface area contributed by atoms with E-state index in [0.717, 1.165) is 12.8 Å². The van der Waals surface area contributed by atoms with Crippen molar-refractivity contribution in [2.45, 2.75) is 55.6 Å². The van der Waals surface area contributed by atoms with Crippen LogP contribution in [-0.2, 0) is 14.9 Å². The van der Waals surface area contributed by atoms with Gasteiger partial charge in [0, 0.05) is 11.8 Å². The molecule has 0 aromatic carbocycles. The summed E-state index contributed by atoms with van der Waals surface area (Å²) in [6.07, 6.45) is 3.21. The maximum Gasteiger partial charge on any atom is 0.254 e. The van der Waals surface area contributed by atoms with Crippen LogP contribution in [0.1, 0.15) is 37.5 Å². The van der Waals surface area contributed by atoms with Crippen LogP contribution in [0.5, 0.6) is 0 Å². The number of hydrogen-bond acceptors (Lipinski definition) is 10. The van der Waals surface area contributed by atoms with Crippen molar-refractivity contribution in [2.75, 3.05) is 12.3 Å². The molecule has 3 aromatic rings. The highest BCUT2D eigenvalue weighted by Crippen LogP contribution is 2.41. The van der Waals surface area contributed by atoms with E-state index in [1.54, 1.807) is 12.4 Å². The number of primary amides is 1. The molecular weight excluding hydrogens is 420 g/mol. The second-order valence-electron chi connectivity index (χ2n) is 8.29. The molecule has 1 amide bonds. The Bertz CT molecular complexity index is 1170. The number of nitrogens with zero attached hydrogens (tertiary/aromatic N) is 6. The maximum absolute atomic E-state index is 12.2. The van der Waals surface area contributed by atoms with Crippen LogP contribution in [-0.4, -0.2) is 75.4 Å². The van der Waals surface area contributed by atoms with Gasteiger partial charge in [0.25, 0.3) is 5.95 Å². The SMILES string of the molecule is NC(=O)C1(c2cnn(-c3nc(N)c4ncn([C@@H]5O[C@H](CO)[C@@H](O)[C@@H]5O)c4n3)c2)CCCC1. The minimum absolute atomic E-state index is 0.0815. The summed E-state index contributed by atoms with van der Waals surface area (Å²) in [5.41, 5.74) is 12.3. The van der Waals surface area contributed by atoms with Crippen LogP contribution in [0.2, 0.25) is 0 Å². The molecule has 3 aromatic heterocycles. The zero-order valence-corrected chi connectivity index (χ0v) is 17.1. The molecular formula is C19H24N8O5. The van der Waals surface area contributed by atoms with Crippen LogP contribution in [0.15, 0.2) is 18.7 Å². The summed E-state index contributed by atoms with van der Waals surface area (Å²) in [6, 6.07) is 0. The molecule has 2 aliphatic rings. The van der Waals surface area contributed by atoms with E-state index in [2.05, 4.69) is 20.1 Å². The zero-order valence-electron chi connectivity index (χ0n) is 17.1. The molecule has 1 aliphatic heterocycles. The normalized spacial score (nSPS) is 27.3. The van der Waals surface area contributed by atoms with Gasteiger partial charge in [-0.05, 0) is 12.8 Å². The first kappa shape index (κ1) is 20.8. The number of aliphatic hydroxyl groups is 3. The lowest BCUT2D eigenvalue weighted by Crippen LogP contribution is -2.38. The van der Waals surface area contributed by atoms with Gasteiger partial charge in [-0.1, -0.05) is 12.8 Å². The fraction of sp³-hybridized carbons (Fsp3) is 0.526. The second kappa shape index (κ2) is 7.48. The van der Waals surface area contributed by atoms with E-state index in [1.807, 2.05) is 0 Å². The topological polar surface area (TPSA) is 200 Å². The Morgan fingerprint density at radius 1 is 1.25 bits per heavy atom. The van der Waals surface area contributed by atoms with E-state index in [9.17, 15) is 20.1 Å². The van der Waals surface area contributed by atoms with E-state index in [4.69, 9.17) is 16.2 Å². The van der Waals surface area contributed by atoms with Crippen molar-refractivity contribution in [3.8, 4) is 5.95 Å². The van der Waals surface area contributed by atoms with Crippen LogP contribution in [0.25, 0.3) is 17.1 Å². The number of anilines is 1. The van der Waals surface area contributed by atoms with E-state index in [1.165, 1.54) is 15.6 Å². The first-order valence-electron chi connectivity index (χ1n) is 10.3. The van der Waals surface area contributed by atoms with E-state index >= 15 is 0 Å². The molecule has 4 heterocycles. The van der Waals surface area contributed by atoms with Crippen molar-refractivity contribution < 1.29 is 24.9 Å². The zero-order chi connectivity index (χ0) is 22.6. The number of aliphatic hydroxyl groups excluding tert-OH is 3. The summed E-state index contributed by atoms with van der Waals surface area (Å²) in [4.78, 5) is 25.2. The lowest BCUT2D eigenvalue weighted by Gasteiger charge is -2.23. The second-order valence-corrected chi connectivity index (χ2v) is 8.29. The van der Waals surface area contributed by atoms with Gasteiger partial charge in [0.05, 0.1) is 24.5 Å². The lowest BCUT2D eigenvalue weighted by atomic mass is 9.80. The Balaban J connectivity index is 1.55. The highest BCUT2D eigenvalue weighted by Gasteiger charge is 2.44. The number of carbonyl (C=O) groups is 1. The molecule has 1 aliphatic carbocycles. The van der Waals surface area contributed by atoms with E-state index < -0.39 is 36.6 Å². The van der Waals surface area contributed by atoms with Gasteiger partial charge in [0.1, 0.15) is 23.8 Å². The number of fused-ring (bicyclic) bond motifs is 1. The third kappa shape index (κ3) is 2.97. The van der Waals surface area contributed by atoms with Gasteiger partial charge in [0.2, 0.25) is 5.91 Å². The number of carbonyl (C=O) groups excluding carboxylic acids is 1. The molecule has 7 N–H and O–H groups in total. The number of imidazole rings is 1. The van der Waals surface area contributed by atoms with Crippen LogP contribution in [0.3, 0.4) is 0 Å². The summed E-state index contributed by atoms with van der Waals surface area (Å²) in [7, 11) is 0. The van der Waals surface area contributed by atoms with Crippen molar-refractivity contribution in [2.24, 2.45) is 5.73 Å². The Morgan fingerprint density at radius 2 is 2.00 bits per heavy atom. The molecule has 4 atom stereocenters. The summed E-state index contributed by atoms with van der Waals surface area (Å²) < 4.78 is 8.41. The third-order valence-electron chi connectivity index (χ3n) is 6.50. The maximum atomic E-state index is 12.2. The van der Waals surface area contributed by atoms with E-state index in [0.29, 0.717) is 18.4 Å². The predicted octanol–water partition coefficient (Wildman–Crippen LogP) is -1.50. The number of rotatable bonds is 5. The van der Waals surface area contributed by atoms with Crippen LogP contribution in [0, 0.1) is 0 Å². The number of ether oxygens (including phenoxy) is 1. The molecule has 170 valence electrons. The Morgan fingerprint density at radius 3 is 2.66 bits per heavy atom. The molecule has 2 fully saturated rings.